The number of aryl methyl sites for hydroxylation is 1. The number of halogens is 3. The Morgan fingerprint density at radius 3 is 2.50 bits per heavy atom. The topological polar surface area (TPSA) is 30.9 Å². The zero-order valence-corrected chi connectivity index (χ0v) is 8.62. The number of hydrogen-bond acceptors (Lipinski definition) is 1. The maximum absolute atomic E-state index is 12.6. The van der Waals surface area contributed by atoms with E-state index in [0.717, 1.165) is 9.95 Å². The molecule has 0 saturated heterocycles. The Hall–Kier alpha value is -1.49. The van der Waals surface area contributed by atoms with Crippen LogP contribution in [0.4, 0.5) is 13.2 Å². The van der Waals surface area contributed by atoms with Crippen molar-refractivity contribution in [2.24, 2.45) is 5.73 Å². The van der Waals surface area contributed by atoms with Gasteiger partial charge in [0.2, 0.25) is 0 Å². The van der Waals surface area contributed by atoms with Crippen LogP contribution < -0.4 is 5.73 Å². The van der Waals surface area contributed by atoms with Gasteiger partial charge in [0.25, 0.3) is 0 Å². The van der Waals surface area contributed by atoms with Gasteiger partial charge in [-0.2, -0.15) is 13.2 Å². The maximum atomic E-state index is 12.6. The molecule has 2 aromatic rings. The Kier molecular flexibility index (Phi) is 2.42. The van der Waals surface area contributed by atoms with E-state index in [1.165, 1.54) is 0 Å². The van der Waals surface area contributed by atoms with E-state index < -0.39 is 12.3 Å². The fourth-order valence-electron chi connectivity index (χ4n) is 1.83. The second-order valence-corrected chi connectivity index (χ2v) is 3.70. The van der Waals surface area contributed by atoms with Gasteiger partial charge in [-0.3, -0.25) is 0 Å². The summed E-state index contributed by atoms with van der Waals surface area (Å²) in [5, 5.41) is 0.764. The molecule has 0 fully saturated rings. The molecule has 0 aliphatic carbocycles. The Bertz CT molecular complexity index is 513. The summed E-state index contributed by atoms with van der Waals surface area (Å²) in [5.74, 6) is 0. The highest BCUT2D eigenvalue weighted by molar-refractivity contribution is 5.81. The molecule has 2 rings (SSSR count). The third-order valence-electron chi connectivity index (χ3n) is 2.55. The number of para-hydroxylation sites is 1. The largest absolute Gasteiger partial charge is 0.422 e. The number of rotatable bonds is 1. The summed E-state index contributed by atoms with van der Waals surface area (Å²) in [7, 11) is 0. The lowest BCUT2D eigenvalue weighted by Crippen LogP contribution is -2.34. The first-order valence-corrected chi connectivity index (χ1v) is 4.80. The second-order valence-electron chi connectivity index (χ2n) is 3.70. The molecular weight excluding hydrogens is 217 g/mol. The van der Waals surface area contributed by atoms with Crippen molar-refractivity contribution in [3.8, 4) is 0 Å². The minimum Gasteiger partial charge on any atom is -0.321 e. The van der Waals surface area contributed by atoms with Crippen LogP contribution in [-0.4, -0.2) is 10.7 Å². The molecule has 86 valence electrons. The fourth-order valence-corrected chi connectivity index (χ4v) is 1.83. The Morgan fingerprint density at radius 2 is 1.88 bits per heavy atom. The average Bonchev–Trinajstić information content (AvgIpc) is 2.51. The maximum Gasteiger partial charge on any atom is 0.422 e. The van der Waals surface area contributed by atoms with E-state index in [0.29, 0.717) is 11.2 Å². The summed E-state index contributed by atoms with van der Waals surface area (Å²) in [4.78, 5) is 0. The van der Waals surface area contributed by atoms with Crippen molar-refractivity contribution in [1.82, 2.24) is 4.57 Å². The number of nitrogens with two attached hydrogens (primary N) is 1. The zero-order chi connectivity index (χ0) is 11.9. The summed E-state index contributed by atoms with van der Waals surface area (Å²) < 4.78 is 38.8. The van der Waals surface area contributed by atoms with E-state index in [1.807, 2.05) is 0 Å². The van der Waals surface area contributed by atoms with E-state index in [1.54, 1.807) is 37.3 Å². The second kappa shape index (κ2) is 3.52. The summed E-state index contributed by atoms with van der Waals surface area (Å²) in [6.45, 7) is 1.62. The van der Waals surface area contributed by atoms with Crippen LogP contribution >= 0.6 is 0 Å². The molecular formula is C11H11F3N2. The molecule has 16 heavy (non-hydrogen) atoms. The molecule has 0 unspecified atom stereocenters. The third kappa shape index (κ3) is 1.67. The van der Waals surface area contributed by atoms with Gasteiger partial charge in [0.1, 0.15) is 0 Å². The zero-order valence-electron chi connectivity index (χ0n) is 8.62. The van der Waals surface area contributed by atoms with E-state index in [2.05, 4.69) is 0 Å². The van der Waals surface area contributed by atoms with Crippen LogP contribution in [0.5, 0.6) is 0 Å². The van der Waals surface area contributed by atoms with Gasteiger partial charge in [0.15, 0.2) is 6.17 Å². The van der Waals surface area contributed by atoms with Crippen LogP contribution in [0.25, 0.3) is 10.9 Å². The summed E-state index contributed by atoms with van der Waals surface area (Å²) in [6, 6.07) is 8.57. The molecule has 0 bridgehead atoms. The molecule has 2 N–H and O–H groups in total. The molecule has 5 heteroatoms. The lowest BCUT2D eigenvalue weighted by Gasteiger charge is -2.20. The summed E-state index contributed by atoms with van der Waals surface area (Å²) >= 11 is 0. The van der Waals surface area contributed by atoms with Crippen LogP contribution in [0.15, 0.2) is 30.3 Å². The van der Waals surface area contributed by atoms with Crippen LogP contribution in [0.1, 0.15) is 11.9 Å². The molecule has 0 amide bonds. The Balaban J connectivity index is 2.64. The van der Waals surface area contributed by atoms with Gasteiger partial charge in [-0.05, 0) is 24.4 Å². The molecule has 1 heterocycles. The molecule has 0 aliphatic rings. The molecule has 1 aromatic heterocycles. The number of aromatic nitrogens is 1. The molecule has 0 saturated carbocycles. The lowest BCUT2D eigenvalue weighted by molar-refractivity contribution is -0.165. The van der Waals surface area contributed by atoms with Crippen molar-refractivity contribution < 1.29 is 13.2 Å². The van der Waals surface area contributed by atoms with Crippen LogP contribution in [0, 0.1) is 6.92 Å². The fraction of sp³-hybridized carbons (Fsp3) is 0.273. The third-order valence-corrected chi connectivity index (χ3v) is 2.55. The van der Waals surface area contributed by atoms with Crippen molar-refractivity contribution in [2.75, 3.05) is 0 Å². The molecule has 0 spiro atoms. The van der Waals surface area contributed by atoms with Gasteiger partial charge in [0, 0.05) is 11.2 Å². The van der Waals surface area contributed by atoms with Crippen molar-refractivity contribution in [1.29, 1.82) is 0 Å². The van der Waals surface area contributed by atoms with Gasteiger partial charge in [-0.1, -0.05) is 18.2 Å². The molecule has 1 aromatic carbocycles. The van der Waals surface area contributed by atoms with Gasteiger partial charge in [-0.25, -0.2) is 0 Å². The Labute approximate surface area is 90.5 Å². The predicted molar refractivity (Wildman–Crippen MR) is 56.0 cm³/mol. The van der Waals surface area contributed by atoms with E-state index in [-0.39, 0.29) is 0 Å². The molecule has 0 aliphatic heterocycles. The van der Waals surface area contributed by atoms with Crippen molar-refractivity contribution in [3.05, 3.63) is 36.0 Å². The molecule has 2 nitrogen and oxygen atoms in total. The monoisotopic (exact) mass is 228 g/mol. The summed E-state index contributed by atoms with van der Waals surface area (Å²) in [6.07, 6.45) is -6.43. The van der Waals surface area contributed by atoms with Gasteiger partial charge in [-0.15, -0.1) is 0 Å². The van der Waals surface area contributed by atoms with Crippen molar-refractivity contribution in [3.63, 3.8) is 0 Å². The number of hydrogen-bond donors (Lipinski definition) is 1. The van der Waals surface area contributed by atoms with E-state index in [9.17, 15) is 13.2 Å². The number of benzene rings is 1. The van der Waals surface area contributed by atoms with Crippen LogP contribution in [0.2, 0.25) is 0 Å². The first-order valence-electron chi connectivity index (χ1n) is 4.80. The quantitative estimate of drug-likeness (QED) is 0.799. The number of alkyl halides is 3. The highest BCUT2D eigenvalue weighted by Gasteiger charge is 2.39. The minimum absolute atomic E-state index is 0.504. The smallest absolute Gasteiger partial charge is 0.321 e. The Morgan fingerprint density at radius 1 is 1.25 bits per heavy atom. The standard InChI is InChI=1S/C11H11F3N2/c1-7-6-8-4-2-3-5-9(8)16(7)10(15)11(12,13)14/h2-6,10H,15H2,1H3/t10-/m0/s1. The van der Waals surface area contributed by atoms with Gasteiger partial charge in [0.05, 0.1) is 0 Å². The van der Waals surface area contributed by atoms with Crippen molar-refractivity contribution >= 4 is 10.9 Å². The normalized spacial score (nSPS) is 14.3. The SMILES string of the molecule is Cc1cc2ccccc2n1[C@H](N)C(F)(F)F. The lowest BCUT2D eigenvalue weighted by atomic mass is 10.2. The first kappa shape index (κ1) is 11.0. The first-order chi connectivity index (χ1) is 7.41. The average molecular weight is 228 g/mol. The highest BCUT2D eigenvalue weighted by atomic mass is 19.4. The van der Waals surface area contributed by atoms with Gasteiger partial charge >= 0.3 is 6.18 Å². The number of fused-ring (bicyclic) bond motifs is 1. The van der Waals surface area contributed by atoms with E-state index >= 15 is 0 Å². The van der Waals surface area contributed by atoms with Crippen molar-refractivity contribution in [2.45, 2.75) is 19.3 Å². The van der Waals surface area contributed by atoms with Crippen LogP contribution in [0.3, 0.4) is 0 Å². The van der Waals surface area contributed by atoms with Crippen LogP contribution in [-0.2, 0) is 0 Å². The summed E-state index contributed by atoms with van der Waals surface area (Å²) in [5.41, 5.74) is 6.23. The number of nitrogens with zero attached hydrogens (tertiary/aromatic N) is 1. The molecule has 1 atom stereocenters. The minimum atomic E-state index is -4.44. The van der Waals surface area contributed by atoms with Gasteiger partial charge < -0.3 is 10.3 Å². The molecule has 0 radical (unpaired) electrons. The highest BCUT2D eigenvalue weighted by Crippen LogP contribution is 2.31. The predicted octanol–water partition coefficient (Wildman–Crippen LogP) is 2.97. The van der Waals surface area contributed by atoms with E-state index in [4.69, 9.17) is 5.73 Å².